The fourth-order valence-corrected chi connectivity index (χ4v) is 3.55. The van der Waals surface area contributed by atoms with Crippen molar-refractivity contribution in [3.8, 4) is 0 Å². The molecule has 2 unspecified atom stereocenters. The van der Waals surface area contributed by atoms with E-state index in [2.05, 4.69) is 12.0 Å². The molecule has 0 spiro atoms. The zero-order valence-electron chi connectivity index (χ0n) is 10.8. The monoisotopic (exact) mass is 255 g/mol. The molecule has 0 heterocycles. The van der Waals surface area contributed by atoms with Gasteiger partial charge in [0, 0.05) is 6.04 Å². The summed E-state index contributed by atoms with van der Waals surface area (Å²) in [7, 11) is -3.27. The quantitative estimate of drug-likeness (QED) is 0.765. The summed E-state index contributed by atoms with van der Waals surface area (Å²) < 4.78 is 12.0. The third-order valence-electron chi connectivity index (χ3n) is 2.62. The molecular formula is C13H22NO2P. The second-order valence-corrected chi connectivity index (χ2v) is 6.65. The van der Waals surface area contributed by atoms with Crippen molar-refractivity contribution in [1.29, 1.82) is 0 Å². The van der Waals surface area contributed by atoms with E-state index in [-0.39, 0.29) is 12.2 Å². The van der Waals surface area contributed by atoms with Gasteiger partial charge in [-0.15, -0.1) is 0 Å². The summed E-state index contributed by atoms with van der Waals surface area (Å²) in [4.78, 5) is 9.90. The van der Waals surface area contributed by atoms with Gasteiger partial charge in [-0.25, -0.2) is 5.09 Å². The normalized spacial score (nSPS) is 16.5. The van der Waals surface area contributed by atoms with Crippen LogP contribution in [0, 0.1) is 6.92 Å². The Morgan fingerprint density at radius 3 is 2.76 bits per heavy atom. The fraction of sp³-hybridized carbons (Fsp3) is 0.538. The van der Waals surface area contributed by atoms with Crippen LogP contribution in [0.3, 0.4) is 0 Å². The lowest BCUT2D eigenvalue weighted by molar-refractivity contribution is 0.444. The number of benzene rings is 1. The Labute approximate surface area is 104 Å². The first kappa shape index (κ1) is 14.4. The molecule has 4 heteroatoms. The molecule has 1 rings (SSSR count). The Morgan fingerprint density at radius 1 is 1.47 bits per heavy atom. The molecule has 3 nitrogen and oxygen atoms in total. The fourth-order valence-electron chi connectivity index (χ4n) is 1.95. The van der Waals surface area contributed by atoms with Gasteiger partial charge in [-0.3, -0.25) is 4.57 Å². The Hall–Kier alpha value is -0.630. The van der Waals surface area contributed by atoms with Crippen molar-refractivity contribution < 1.29 is 9.46 Å². The van der Waals surface area contributed by atoms with Crippen LogP contribution in [0.5, 0.6) is 0 Å². The third kappa shape index (κ3) is 5.49. The summed E-state index contributed by atoms with van der Waals surface area (Å²) in [6.45, 7) is 6.00. The van der Waals surface area contributed by atoms with Crippen molar-refractivity contribution in [2.75, 3.05) is 0 Å². The van der Waals surface area contributed by atoms with Gasteiger partial charge in [-0.05, 0) is 25.8 Å². The van der Waals surface area contributed by atoms with Crippen molar-refractivity contribution in [3.63, 3.8) is 0 Å². The molecule has 0 saturated heterocycles. The minimum absolute atomic E-state index is 0.0839. The lowest BCUT2D eigenvalue weighted by Crippen LogP contribution is -2.23. The van der Waals surface area contributed by atoms with Gasteiger partial charge in [0.15, 0.2) is 0 Å². The van der Waals surface area contributed by atoms with Crippen molar-refractivity contribution in [2.45, 2.75) is 45.8 Å². The highest BCUT2D eigenvalue weighted by atomic mass is 31.2. The molecule has 0 aliphatic heterocycles. The summed E-state index contributed by atoms with van der Waals surface area (Å²) in [5.74, 6) is 0. The van der Waals surface area contributed by atoms with E-state index >= 15 is 0 Å². The van der Waals surface area contributed by atoms with Crippen LogP contribution in [-0.2, 0) is 10.7 Å². The molecule has 1 aromatic rings. The van der Waals surface area contributed by atoms with E-state index in [0.29, 0.717) is 0 Å². The van der Waals surface area contributed by atoms with Gasteiger partial charge in [0.25, 0.3) is 7.52 Å². The van der Waals surface area contributed by atoms with E-state index in [0.717, 1.165) is 24.0 Å². The first-order valence-corrected chi connectivity index (χ1v) is 7.92. The van der Waals surface area contributed by atoms with Crippen molar-refractivity contribution in [1.82, 2.24) is 5.09 Å². The summed E-state index contributed by atoms with van der Waals surface area (Å²) in [6, 6.07) is 7.83. The van der Waals surface area contributed by atoms with Crippen LogP contribution < -0.4 is 5.09 Å². The molecule has 0 radical (unpaired) electrons. The highest BCUT2D eigenvalue weighted by Crippen LogP contribution is 2.40. The van der Waals surface area contributed by atoms with Gasteiger partial charge in [0.2, 0.25) is 0 Å². The SMILES string of the molecule is CCCC(C)NP(=O)(O)Cc1cccc(C)c1. The van der Waals surface area contributed by atoms with Gasteiger partial charge < -0.3 is 4.89 Å². The summed E-state index contributed by atoms with van der Waals surface area (Å²) in [5.41, 5.74) is 2.02. The maximum absolute atomic E-state index is 12.0. The van der Waals surface area contributed by atoms with Crippen LogP contribution in [-0.4, -0.2) is 10.9 Å². The van der Waals surface area contributed by atoms with E-state index in [1.807, 2.05) is 38.1 Å². The minimum Gasteiger partial charge on any atom is -0.333 e. The molecule has 2 atom stereocenters. The number of hydrogen-bond donors (Lipinski definition) is 2. The molecule has 17 heavy (non-hydrogen) atoms. The van der Waals surface area contributed by atoms with Gasteiger partial charge >= 0.3 is 0 Å². The van der Waals surface area contributed by atoms with E-state index in [4.69, 9.17) is 0 Å². The van der Waals surface area contributed by atoms with Crippen LogP contribution in [0.1, 0.15) is 37.8 Å². The average Bonchev–Trinajstić information content (AvgIpc) is 2.15. The molecule has 0 bridgehead atoms. The molecule has 1 aromatic carbocycles. The van der Waals surface area contributed by atoms with Crippen LogP contribution in [0.15, 0.2) is 24.3 Å². The topological polar surface area (TPSA) is 49.3 Å². The van der Waals surface area contributed by atoms with Gasteiger partial charge in [0.1, 0.15) is 0 Å². The Bertz CT molecular complexity index is 406. The van der Waals surface area contributed by atoms with Crippen molar-refractivity contribution >= 4 is 7.52 Å². The number of hydrogen-bond acceptors (Lipinski definition) is 1. The van der Waals surface area contributed by atoms with Crippen LogP contribution >= 0.6 is 7.52 Å². The predicted molar refractivity (Wildman–Crippen MR) is 72.2 cm³/mol. The molecule has 2 N–H and O–H groups in total. The van der Waals surface area contributed by atoms with Gasteiger partial charge in [0.05, 0.1) is 6.16 Å². The molecule has 0 aliphatic rings. The Morgan fingerprint density at radius 2 is 2.18 bits per heavy atom. The number of aryl methyl sites for hydroxylation is 1. The standard InChI is InChI=1S/C13H22NO2P/c1-4-6-12(3)14-17(15,16)10-13-8-5-7-11(2)9-13/h5,7-9,12H,4,6,10H2,1-3H3,(H2,14,15,16). The van der Waals surface area contributed by atoms with Gasteiger partial charge in [-0.2, -0.15) is 0 Å². The maximum Gasteiger partial charge on any atom is 0.271 e. The molecular weight excluding hydrogens is 233 g/mol. The molecule has 96 valence electrons. The lowest BCUT2D eigenvalue weighted by Gasteiger charge is -2.18. The zero-order valence-corrected chi connectivity index (χ0v) is 11.7. The van der Waals surface area contributed by atoms with E-state index in [1.54, 1.807) is 0 Å². The highest BCUT2D eigenvalue weighted by molar-refractivity contribution is 7.55. The van der Waals surface area contributed by atoms with Crippen LogP contribution in [0.2, 0.25) is 0 Å². The van der Waals surface area contributed by atoms with Crippen molar-refractivity contribution in [2.24, 2.45) is 0 Å². The molecule has 0 aromatic heterocycles. The highest BCUT2D eigenvalue weighted by Gasteiger charge is 2.20. The Kier molecular flexibility index (Phi) is 5.38. The summed E-state index contributed by atoms with van der Waals surface area (Å²) in [6.07, 6.45) is 2.12. The third-order valence-corrected chi connectivity index (χ3v) is 4.26. The first-order valence-electron chi connectivity index (χ1n) is 6.08. The molecule has 0 fully saturated rings. The molecule has 0 saturated carbocycles. The smallest absolute Gasteiger partial charge is 0.271 e. The first-order chi connectivity index (χ1) is 7.93. The Balaban J connectivity index is 2.63. The van der Waals surface area contributed by atoms with Crippen LogP contribution in [0.4, 0.5) is 0 Å². The second kappa shape index (κ2) is 6.34. The predicted octanol–water partition coefficient (Wildman–Crippen LogP) is 3.46. The number of nitrogens with one attached hydrogen (secondary N) is 1. The average molecular weight is 255 g/mol. The summed E-state index contributed by atoms with van der Waals surface area (Å²) in [5, 5.41) is 2.84. The minimum atomic E-state index is -3.27. The second-order valence-electron chi connectivity index (χ2n) is 4.67. The molecule has 0 aliphatic carbocycles. The largest absolute Gasteiger partial charge is 0.333 e. The van der Waals surface area contributed by atoms with Crippen molar-refractivity contribution in [3.05, 3.63) is 35.4 Å². The number of rotatable bonds is 6. The van der Waals surface area contributed by atoms with Gasteiger partial charge in [-0.1, -0.05) is 43.2 Å². The van der Waals surface area contributed by atoms with E-state index < -0.39 is 7.52 Å². The zero-order chi connectivity index (χ0) is 12.9. The molecule has 0 amide bonds. The maximum atomic E-state index is 12.0. The van der Waals surface area contributed by atoms with E-state index in [1.165, 1.54) is 0 Å². The van der Waals surface area contributed by atoms with E-state index in [9.17, 15) is 9.46 Å². The summed E-state index contributed by atoms with van der Waals surface area (Å²) >= 11 is 0. The lowest BCUT2D eigenvalue weighted by atomic mass is 10.2. The van der Waals surface area contributed by atoms with Crippen LogP contribution in [0.25, 0.3) is 0 Å².